The molecule has 4 rings (SSSR count). The number of hydrogen-bond acceptors (Lipinski definition) is 8. The Morgan fingerprint density at radius 1 is 1.00 bits per heavy atom. The SMILES string of the molecule is CCOC(=O)[C@H](Cc1ccc(OCc2sc(-c3ccc(-c4noc(C)n4)cc3)cc2C)cc1)OCC. The van der Waals surface area contributed by atoms with E-state index in [9.17, 15) is 4.79 Å². The molecule has 2 aromatic carbocycles. The van der Waals surface area contributed by atoms with Gasteiger partial charge >= 0.3 is 5.97 Å². The Hall–Kier alpha value is -3.49. The minimum Gasteiger partial charge on any atom is -0.488 e. The standard InChI is InChI=1S/C28H30N2O5S/c1-5-32-24(28(31)33-6-2)16-20-7-13-23(14-8-20)34-17-26-18(3)15-25(36-26)21-9-11-22(12-10-21)27-29-19(4)35-30-27/h7-15,24H,5-6,16-17H2,1-4H3/t24-/m0/s1. The molecule has 8 heteroatoms. The van der Waals surface area contributed by atoms with Crippen molar-refractivity contribution in [1.29, 1.82) is 0 Å². The van der Waals surface area contributed by atoms with Gasteiger partial charge in [-0.3, -0.25) is 0 Å². The summed E-state index contributed by atoms with van der Waals surface area (Å²) >= 11 is 1.72. The molecule has 0 N–H and O–H groups in total. The van der Waals surface area contributed by atoms with Gasteiger partial charge in [0.2, 0.25) is 11.7 Å². The number of benzene rings is 2. The molecule has 0 radical (unpaired) electrons. The number of nitrogens with zero attached hydrogens (tertiary/aromatic N) is 2. The Balaban J connectivity index is 1.36. The molecule has 0 aliphatic rings. The zero-order chi connectivity index (χ0) is 25.5. The third-order valence-corrected chi connectivity index (χ3v) is 6.87. The first kappa shape index (κ1) is 25.6. The van der Waals surface area contributed by atoms with E-state index >= 15 is 0 Å². The van der Waals surface area contributed by atoms with Gasteiger partial charge in [-0.2, -0.15) is 4.98 Å². The fourth-order valence-corrected chi connectivity index (χ4v) is 4.83. The lowest BCUT2D eigenvalue weighted by atomic mass is 10.1. The number of esters is 1. The highest BCUT2D eigenvalue weighted by atomic mass is 32.1. The van der Waals surface area contributed by atoms with Gasteiger partial charge in [-0.1, -0.05) is 41.6 Å². The lowest BCUT2D eigenvalue weighted by Crippen LogP contribution is -2.28. The van der Waals surface area contributed by atoms with Gasteiger partial charge in [0.25, 0.3) is 0 Å². The summed E-state index contributed by atoms with van der Waals surface area (Å²) < 4.78 is 21.8. The number of aromatic nitrogens is 2. The number of carbonyl (C=O) groups excluding carboxylic acids is 1. The topological polar surface area (TPSA) is 83.7 Å². The Kier molecular flexibility index (Phi) is 8.51. The van der Waals surface area contributed by atoms with Crippen LogP contribution in [-0.4, -0.2) is 35.4 Å². The van der Waals surface area contributed by atoms with Gasteiger partial charge < -0.3 is 18.7 Å². The number of aryl methyl sites for hydroxylation is 2. The summed E-state index contributed by atoms with van der Waals surface area (Å²) in [5, 5.41) is 3.98. The quantitative estimate of drug-likeness (QED) is 0.225. The molecule has 0 bridgehead atoms. The minimum absolute atomic E-state index is 0.330. The second-order valence-electron chi connectivity index (χ2n) is 8.26. The molecular formula is C28H30N2O5S. The van der Waals surface area contributed by atoms with Crippen molar-refractivity contribution in [2.24, 2.45) is 0 Å². The highest BCUT2D eigenvalue weighted by Gasteiger charge is 2.20. The molecule has 36 heavy (non-hydrogen) atoms. The van der Waals surface area contributed by atoms with Crippen molar-refractivity contribution in [3.63, 3.8) is 0 Å². The number of rotatable bonds is 11. The van der Waals surface area contributed by atoms with Crippen LogP contribution in [0.2, 0.25) is 0 Å². The Labute approximate surface area is 215 Å². The largest absolute Gasteiger partial charge is 0.488 e. The van der Waals surface area contributed by atoms with Crippen LogP contribution in [0.5, 0.6) is 5.75 Å². The molecule has 4 aromatic rings. The van der Waals surface area contributed by atoms with E-state index in [0.29, 0.717) is 38.0 Å². The number of ether oxygens (including phenoxy) is 3. The molecule has 0 spiro atoms. The second-order valence-corrected chi connectivity index (χ2v) is 9.40. The number of carbonyl (C=O) groups is 1. The molecule has 0 unspecified atom stereocenters. The molecule has 0 amide bonds. The Bertz CT molecular complexity index is 1280. The molecule has 0 fully saturated rings. The van der Waals surface area contributed by atoms with Crippen LogP contribution in [-0.2, 0) is 27.3 Å². The predicted octanol–water partition coefficient (Wildman–Crippen LogP) is 6.17. The molecule has 7 nitrogen and oxygen atoms in total. The highest BCUT2D eigenvalue weighted by Crippen LogP contribution is 2.33. The Morgan fingerprint density at radius 3 is 2.36 bits per heavy atom. The molecule has 188 valence electrons. The smallest absolute Gasteiger partial charge is 0.335 e. The van der Waals surface area contributed by atoms with Crippen LogP contribution in [0.1, 0.15) is 35.7 Å². The summed E-state index contributed by atoms with van der Waals surface area (Å²) in [5.74, 6) is 1.59. The van der Waals surface area contributed by atoms with E-state index in [4.69, 9.17) is 18.7 Å². The van der Waals surface area contributed by atoms with Crippen molar-refractivity contribution in [2.45, 2.75) is 46.8 Å². The highest BCUT2D eigenvalue weighted by molar-refractivity contribution is 7.15. The zero-order valence-electron chi connectivity index (χ0n) is 20.9. The van der Waals surface area contributed by atoms with Gasteiger partial charge in [0, 0.05) is 35.3 Å². The van der Waals surface area contributed by atoms with Gasteiger partial charge in [0.15, 0.2) is 6.10 Å². The molecule has 0 aliphatic carbocycles. The maximum atomic E-state index is 12.1. The summed E-state index contributed by atoms with van der Waals surface area (Å²) in [5.41, 5.74) is 4.24. The van der Waals surface area contributed by atoms with E-state index in [-0.39, 0.29) is 5.97 Å². The lowest BCUT2D eigenvalue weighted by Gasteiger charge is -2.15. The van der Waals surface area contributed by atoms with Crippen molar-refractivity contribution in [1.82, 2.24) is 10.1 Å². The number of thiophene rings is 1. The summed E-state index contributed by atoms with van der Waals surface area (Å²) in [6.45, 7) is 8.82. The predicted molar refractivity (Wildman–Crippen MR) is 139 cm³/mol. The van der Waals surface area contributed by atoms with Crippen LogP contribution in [0, 0.1) is 13.8 Å². The number of hydrogen-bond donors (Lipinski definition) is 0. The van der Waals surface area contributed by atoms with Gasteiger partial charge in [-0.15, -0.1) is 11.3 Å². The van der Waals surface area contributed by atoms with Crippen LogP contribution < -0.4 is 4.74 Å². The van der Waals surface area contributed by atoms with Crippen LogP contribution >= 0.6 is 11.3 Å². The summed E-state index contributed by atoms with van der Waals surface area (Å²) in [7, 11) is 0. The van der Waals surface area contributed by atoms with Crippen molar-refractivity contribution in [3.8, 4) is 27.6 Å². The normalized spacial score (nSPS) is 11.9. The minimum atomic E-state index is -0.598. The van der Waals surface area contributed by atoms with Gasteiger partial charge in [0.1, 0.15) is 12.4 Å². The molecule has 2 heterocycles. The summed E-state index contributed by atoms with van der Waals surface area (Å²) in [6.07, 6.45) is -0.134. The lowest BCUT2D eigenvalue weighted by molar-refractivity contribution is -0.156. The molecule has 2 aromatic heterocycles. The third kappa shape index (κ3) is 6.38. The van der Waals surface area contributed by atoms with Crippen molar-refractivity contribution in [3.05, 3.63) is 76.5 Å². The van der Waals surface area contributed by atoms with E-state index in [1.165, 1.54) is 15.3 Å². The monoisotopic (exact) mass is 506 g/mol. The summed E-state index contributed by atoms with van der Waals surface area (Å²) in [6, 6.07) is 18.1. The maximum absolute atomic E-state index is 12.1. The van der Waals surface area contributed by atoms with Gasteiger partial charge in [-0.25, -0.2) is 4.79 Å². The first-order chi connectivity index (χ1) is 17.5. The van der Waals surface area contributed by atoms with E-state index in [1.807, 2.05) is 43.3 Å². The van der Waals surface area contributed by atoms with Crippen molar-refractivity contribution < 1.29 is 23.5 Å². The fraction of sp³-hybridized carbons (Fsp3) is 0.321. The van der Waals surface area contributed by atoms with Gasteiger partial charge in [-0.05, 0) is 55.7 Å². The van der Waals surface area contributed by atoms with E-state index < -0.39 is 6.10 Å². The average Bonchev–Trinajstić information content (AvgIpc) is 3.49. The van der Waals surface area contributed by atoms with E-state index in [2.05, 4.69) is 35.3 Å². The van der Waals surface area contributed by atoms with Crippen LogP contribution in [0.3, 0.4) is 0 Å². The van der Waals surface area contributed by atoms with Crippen LogP contribution in [0.25, 0.3) is 21.8 Å². The molecule has 0 saturated carbocycles. The third-order valence-electron chi connectivity index (χ3n) is 5.61. The Morgan fingerprint density at radius 2 is 1.72 bits per heavy atom. The van der Waals surface area contributed by atoms with Crippen LogP contribution in [0.4, 0.5) is 0 Å². The first-order valence-corrected chi connectivity index (χ1v) is 12.8. The molecule has 0 saturated heterocycles. The first-order valence-electron chi connectivity index (χ1n) is 12.0. The van der Waals surface area contributed by atoms with Crippen LogP contribution in [0.15, 0.2) is 59.1 Å². The van der Waals surface area contributed by atoms with Crippen molar-refractivity contribution >= 4 is 17.3 Å². The molecule has 1 atom stereocenters. The van der Waals surface area contributed by atoms with Gasteiger partial charge in [0.05, 0.1) is 6.61 Å². The maximum Gasteiger partial charge on any atom is 0.335 e. The summed E-state index contributed by atoms with van der Waals surface area (Å²) in [4.78, 5) is 18.7. The van der Waals surface area contributed by atoms with E-state index in [1.54, 1.807) is 25.2 Å². The van der Waals surface area contributed by atoms with Crippen molar-refractivity contribution in [2.75, 3.05) is 13.2 Å². The fourth-order valence-electron chi connectivity index (χ4n) is 3.74. The average molecular weight is 507 g/mol. The second kappa shape index (κ2) is 12.0. The molecular weight excluding hydrogens is 476 g/mol. The zero-order valence-corrected chi connectivity index (χ0v) is 21.8. The van der Waals surface area contributed by atoms with E-state index in [0.717, 1.165) is 22.4 Å². The molecule has 0 aliphatic heterocycles.